The summed E-state index contributed by atoms with van der Waals surface area (Å²) in [5.41, 5.74) is 0.978. The maximum absolute atomic E-state index is 12.0. The molecule has 0 spiro atoms. The first kappa shape index (κ1) is 18.5. The molecule has 1 aromatic carbocycles. The van der Waals surface area contributed by atoms with Gasteiger partial charge in [-0.05, 0) is 17.7 Å². The van der Waals surface area contributed by atoms with Crippen molar-refractivity contribution >= 4 is 18.3 Å². The molecular formula is C15H22N2O4S. The molecule has 122 valence electrons. The first-order chi connectivity index (χ1) is 10.7. The van der Waals surface area contributed by atoms with Crippen molar-refractivity contribution in [1.29, 1.82) is 0 Å². The molecule has 0 aliphatic carbocycles. The normalized spacial score (nSPS) is 11.7. The van der Waals surface area contributed by atoms with E-state index in [1.54, 1.807) is 14.2 Å². The second kappa shape index (κ2) is 11.1. The van der Waals surface area contributed by atoms with Gasteiger partial charge in [-0.1, -0.05) is 12.1 Å². The SMILES string of the molecule is COCCOCCNC(=O)[C@H](Cc1ccc(OC)cc1)N=S. The van der Waals surface area contributed by atoms with Crippen molar-refractivity contribution in [3.8, 4) is 5.75 Å². The van der Waals surface area contributed by atoms with Crippen LogP contribution in [0.4, 0.5) is 0 Å². The summed E-state index contributed by atoms with van der Waals surface area (Å²) >= 11 is 4.73. The van der Waals surface area contributed by atoms with Crippen LogP contribution in [-0.2, 0) is 33.1 Å². The van der Waals surface area contributed by atoms with Gasteiger partial charge in [-0.25, -0.2) is 4.36 Å². The number of benzene rings is 1. The van der Waals surface area contributed by atoms with Crippen molar-refractivity contribution < 1.29 is 19.0 Å². The smallest absolute Gasteiger partial charge is 0.246 e. The number of amides is 1. The Morgan fingerprint density at radius 2 is 1.95 bits per heavy atom. The van der Waals surface area contributed by atoms with Crippen LogP contribution in [-0.4, -0.2) is 52.5 Å². The molecule has 0 radical (unpaired) electrons. The average molecular weight is 326 g/mol. The Labute approximate surface area is 136 Å². The van der Waals surface area contributed by atoms with E-state index in [1.165, 1.54) is 0 Å². The van der Waals surface area contributed by atoms with Crippen LogP contribution in [0, 0.1) is 0 Å². The van der Waals surface area contributed by atoms with Crippen molar-refractivity contribution in [1.82, 2.24) is 5.32 Å². The third kappa shape index (κ3) is 6.93. The fourth-order valence-corrected chi connectivity index (χ4v) is 1.94. The van der Waals surface area contributed by atoms with Crippen molar-refractivity contribution in [2.45, 2.75) is 12.5 Å². The Balaban J connectivity index is 2.35. The van der Waals surface area contributed by atoms with Crippen LogP contribution >= 0.6 is 0 Å². The van der Waals surface area contributed by atoms with E-state index in [0.717, 1.165) is 11.3 Å². The first-order valence-corrected chi connectivity index (χ1v) is 7.37. The lowest BCUT2D eigenvalue weighted by atomic mass is 10.1. The van der Waals surface area contributed by atoms with Gasteiger partial charge in [-0.15, -0.1) is 0 Å². The Kier molecular flexibility index (Phi) is 9.29. The molecular weight excluding hydrogens is 304 g/mol. The molecule has 1 rings (SSSR count). The van der Waals surface area contributed by atoms with Gasteiger partial charge < -0.3 is 19.5 Å². The predicted octanol–water partition coefficient (Wildman–Crippen LogP) is 1.12. The highest BCUT2D eigenvalue weighted by Crippen LogP contribution is 2.13. The molecule has 6 nitrogen and oxygen atoms in total. The van der Waals surface area contributed by atoms with Crippen LogP contribution in [0.15, 0.2) is 28.6 Å². The van der Waals surface area contributed by atoms with Gasteiger partial charge in [0.1, 0.15) is 11.8 Å². The number of hydrogen-bond donors (Lipinski definition) is 1. The molecule has 0 fully saturated rings. The highest BCUT2D eigenvalue weighted by atomic mass is 32.1. The van der Waals surface area contributed by atoms with E-state index in [1.807, 2.05) is 24.3 Å². The van der Waals surface area contributed by atoms with Crippen LogP contribution in [0.1, 0.15) is 5.56 Å². The Hall–Kier alpha value is -1.57. The molecule has 0 heterocycles. The fourth-order valence-electron chi connectivity index (χ4n) is 1.77. The van der Waals surface area contributed by atoms with Gasteiger partial charge in [-0.2, -0.15) is 0 Å². The van der Waals surface area contributed by atoms with E-state index in [2.05, 4.69) is 9.68 Å². The number of rotatable bonds is 11. The highest BCUT2D eigenvalue weighted by molar-refractivity contribution is 7.47. The average Bonchev–Trinajstić information content (AvgIpc) is 2.56. The molecule has 1 amide bonds. The molecule has 1 N–H and O–H groups in total. The number of methoxy groups -OCH3 is 2. The molecule has 0 saturated carbocycles. The van der Waals surface area contributed by atoms with Gasteiger partial charge in [-0.3, -0.25) is 4.79 Å². The second-order valence-corrected chi connectivity index (χ2v) is 4.78. The standard InChI is InChI=1S/C15H22N2O4S/c1-19-9-10-21-8-7-16-15(18)14(17-22)11-12-3-5-13(20-2)6-4-12/h3-6,14H,7-11H2,1-2H3,(H,16,18)/t14-/m0/s1. The minimum Gasteiger partial charge on any atom is -0.497 e. The lowest BCUT2D eigenvalue weighted by Gasteiger charge is -2.12. The van der Waals surface area contributed by atoms with Crippen LogP contribution < -0.4 is 10.1 Å². The van der Waals surface area contributed by atoms with Gasteiger partial charge >= 0.3 is 0 Å². The Bertz CT molecular complexity index is 453. The summed E-state index contributed by atoms with van der Waals surface area (Å²) in [6, 6.07) is 6.90. The van der Waals surface area contributed by atoms with Crippen LogP contribution in [0.3, 0.4) is 0 Å². The number of carbonyl (C=O) groups is 1. The van der Waals surface area contributed by atoms with Gasteiger partial charge in [0.15, 0.2) is 0 Å². The Morgan fingerprint density at radius 3 is 2.55 bits per heavy atom. The zero-order valence-corrected chi connectivity index (χ0v) is 13.7. The first-order valence-electron chi connectivity index (χ1n) is 7.01. The van der Waals surface area contributed by atoms with E-state index < -0.39 is 6.04 Å². The van der Waals surface area contributed by atoms with Gasteiger partial charge in [0.25, 0.3) is 0 Å². The summed E-state index contributed by atoms with van der Waals surface area (Å²) in [6.07, 6.45) is 0.462. The monoisotopic (exact) mass is 326 g/mol. The van der Waals surface area contributed by atoms with Crippen LogP contribution in [0.2, 0.25) is 0 Å². The van der Waals surface area contributed by atoms with E-state index in [-0.39, 0.29) is 5.91 Å². The molecule has 0 saturated heterocycles. The predicted molar refractivity (Wildman–Crippen MR) is 86.0 cm³/mol. The van der Waals surface area contributed by atoms with Crippen LogP contribution in [0.25, 0.3) is 0 Å². The largest absolute Gasteiger partial charge is 0.497 e. The quantitative estimate of drug-likeness (QED) is 0.617. The van der Waals surface area contributed by atoms with E-state index in [4.69, 9.17) is 26.6 Å². The number of nitrogens with zero attached hydrogens (tertiary/aromatic N) is 1. The highest BCUT2D eigenvalue weighted by Gasteiger charge is 2.17. The zero-order chi connectivity index (χ0) is 16.2. The Morgan fingerprint density at radius 1 is 1.23 bits per heavy atom. The molecule has 7 heteroatoms. The van der Waals surface area contributed by atoms with Gasteiger partial charge in [0, 0.05) is 32.5 Å². The van der Waals surface area contributed by atoms with E-state index >= 15 is 0 Å². The van der Waals surface area contributed by atoms with Crippen molar-refractivity contribution in [3.63, 3.8) is 0 Å². The summed E-state index contributed by atoms with van der Waals surface area (Å²) < 4.78 is 19.0. The maximum Gasteiger partial charge on any atom is 0.246 e. The number of hydrogen-bond acceptors (Lipinski definition) is 6. The molecule has 1 aromatic rings. The van der Waals surface area contributed by atoms with Crippen molar-refractivity contribution in [2.24, 2.45) is 4.36 Å². The number of nitrogens with one attached hydrogen (secondary N) is 1. The molecule has 0 aliphatic rings. The van der Waals surface area contributed by atoms with Crippen molar-refractivity contribution in [2.75, 3.05) is 40.6 Å². The topological polar surface area (TPSA) is 69.2 Å². The van der Waals surface area contributed by atoms with E-state index in [9.17, 15) is 4.79 Å². The minimum absolute atomic E-state index is 0.193. The maximum atomic E-state index is 12.0. The summed E-state index contributed by atoms with van der Waals surface area (Å²) in [5, 5.41) is 2.76. The summed E-state index contributed by atoms with van der Waals surface area (Å²) in [6.45, 7) is 1.90. The summed E-state index contributed by atoms with van der Waals surface area (Å²) in [7, 11) is 3.22. The summed E-state index contributed by atoms with van der Waals surface area (Å²) in [4.78, 5) is 12.0. The van der Waals surface area contributed by atoms with Crippen molar-refractivity contribution in [3.05, 3.63) is 29.8 Å². The molecule has 0 unspecified atom stereocenters. The van der Waals surface area contributed by atoms with Gasteiger partial charge in [0.2, 0.25) is 5.91 Å². The molecule has 0 aliphatic heterocycles. The lowest BCUT2D eigenvalue weighted by molar-refractivity contribution is -0.122. The number of ether oxygens (including phenoxy) is 3. The molecule has 0 bridgehead atoms. The third-order valence-corrected chi connectivity index (χ3v) is 3.25. The molecule has 22 heavy (non-hydrogen) atoms. The number of carbonyl (C=O) groups excluding carboxylic acids is 1. The van der Waals surface area contributed by atoms with Crippen LogP contribution in [0.5, 0.6) is 5.75 Å². The third-order valence-electron chi connectivity index (χ3n) is 3.00. The fraction of sp³-hybridized carbons (Fsp3) is 0.533. The second-order valence-electron chi connectivity index (χ2n) is 4.57. The lowest BCUT2D eigenvalue weighted by Crippen LogP contribution is -2.36. The zero-order valence-electron chi connectivity index (χ0n) is 12.9. The molecule has 0 aromatic heterocycles. The summed E-state index contributed by atoms with van der Waals surface area (Å²) in [5.74, 6) is 0.578. The minimum atomic E-state index is -0.581. The van der Waals surface area contributed by atoms with E-state index in [0.29, 0.717) is 32.8 Å². The van der Waals surface area contributed by atoms with Gasteiger partial charge in [0.05, 0.1) is 26.9 Å². The molecule has 1 atom stereocenters.